The van der Waals surface area contributed by atoms with E-state index in [4.69, 9.17) is 21.6 Å². The number of aromatic nitrogens is 2. The van der Waals surface area contributed by atoms with Gasteiger partial charge in [0, 0.05) is 7.05 Å². The Morgan fingerprint density at radius 2 is 2.29 bits per heavy atom. The minimum atomic E-state index is -0.262. The van der Waals surface area contributed by atoms with Crippen LogP contribution in [0.4, 0.5) is 5.82 Å². The highest BCUT2D eigenvalue weighted by molar-refractivity contribution is 6.32. The van der Waals surface area contributed by atoms with Crippen molar-refractivity contribution in [1.82, 2.24) is 9.78 Å². The van der Waals surface area contributed by atoms with Crippen LogP contribution in [0.5, 0.6) is 5.75 Å². The Hall–Kier alpha value is -2.52. The van der Waals surface area contributed by atoms with Crippen molar-refractivity contribution >= 4 is 23.3 Å². The Morgan fingerprint density at radius 1 is 1.52 bits per heavy atom. The fourth-order valence-electron chi connectivity index (χ4n) is 1.68. The van der Waals surface area contributed by atoms with Crippen LogP contribution in [0.15, 0.2) is 30.5 Å². The van der Waals surface area contributed by atoms with Crippen molar-refractivity contribution < 1.29 is 9.53 Å². The molecule has 0 radical (unpaired) electrons. The predicted molar refractivity (Wildman–Crippen MR) is 78.1 cm³/mol. The first kappa shape index (κ1) is 14.9. The first-order chi connectivity index (χ1) is 10.1. The molecule has 0 aliphatic carbocycles. The third-order valence-electron chi connectivity index (χ3n) is 2.74. The van der Waals surface area contributed by atoms with Gasteiger partial charge in [-0.1, -0.05) is 23.7 Å². The molecule has 0 unspecified atom stereocenters. The highest BCUT2D eigenvalue weighted by Crippen LogP contribution is 2.23. The molecule has 0 aliphatic rings. The number of carbonyl (C=O) groups is 1. The molecule has 1 heterocycles. The van der Waals surface area contributed by atoms with Crippen LogP contribution in [0.3, 0.4) is 0 Å². The molecule has 0 atom stereocenters. The minimum absolute atomic E-state index is 0.140. The number of para-hydroxylation sites is 1. The Labute approximate surface area is 126 Å². The van der Waals surface area contributed by atoms with Gasteiger partial charge in [-0.2, -0.15) is 10.4 Å². The molecule has 108 valence electrons. The molecule has 0 aliphatic heterocycles. The Kier molecular flexibility index (Phi) is 4.80. The lowest BCUT2D eigenvalue weighted by molar-refractivity contribution is -0.116. The van der Waals surface area contributed by atoms with Gasteiger partial charge >= 0.3 is 0 Å². The maximum atomic E-state index is 11.8. The lowest BCUT2D eigenvalue weighted by Crippen LogP contribution is -2.17. The van der Waals surface area contributed by atoms with Crippen LogP contribution in [0.25, 0.3) is 0 Å². The van der Waals surface area contributed by atoms with Crippen LogP contribution in [-0.4, -0.2) is 22.3 Å². The van der Waals surface area contributed by atoms with Gasteiger partial charge in [-0.3, -0.25) is 9.48 Å². The van der Waals surface area contributed by atoms with E-state index in [1.54, 1.807) is 31.3 Å². The van der Waals surface area contributed by atoms with E-state index >= 15 is 0 Å². The molecule has 7 heteroatoms. The number of rotatable bonds is 5. The first-order valence-electron chi connectivity index (χ1n) is 6.21. The maximum absolute atomic E-state index is 11.8. The average molecular weight is 305 g/mol. The van der Waals surface area contributed by atoms with Crippen LogP contribution in [0.2, 0.25) is 5.02 Å². The summed E-state index contributed by atoms with van der Waals surface area (Å²) in [7, 11) is 1.65. The zero-order valence-electron chi connectivity index (χ0n) is 11.3. The monoisotopic (exact) mass is 304 g/mol. The van der Waals surface area contributed by atoms with Gasteiger partial charge in [0.25, 0.3) is 0 Å². The lowest BCUT2D eigenvalue weighted by Gasteiger charge is -2.08. The minimum Gasteiger partial charge on any atom is -0.491 e. The number of amides is 1. The molecule has 2 rings (SSSR count). The number of nitrogens with one attached hydrogen (secondary N) is 1. The highest BCUT2D eigenvalue weighted by atomic mass is 35.5. The molecular weight excluding hydrogens is 292 g/mol. The van der Waals surface area contributed by atoms with Gasteiger partial charge in [0.05, 0.1) is 24.2 Å². The Balaban J connectivity index is 1.87. The summed E-state index contributed by atoms with van der Waals surface area (Å²) in [6.07, 6.45) is 1.54. The molecule has 1 N–H and O–H groups in total. The Morgan fingerprint density at radius 3 is 3.00 bits per heavy atom. The van der Waals surface area contributed by atoms with E-state index in [0.29, 0.717) is 22.2 Å². The summed E-state index contributed by atoms with van der Waals surface area (Å²) in [5.74, 6) is 0.646. The molecular formula is C14H13ClN4O2. The van der Waals surface area contributed by atoms with E-state index in [9.17, 15) is 4.79 Å². The molecule has 1 aromatic carbocycles. The fraction of sp³-hybridized carbons (Fsp3) is 0.214. The highest BCUT2D eigenvalue weighted by Gasteiger charge is 2.11. The van der Waals surface area contributed by atoms with E-state index in [1.807, 2.05) is 6.07 Å². The van der Waals surface area contributed by atoms with Gasteiger partial charge in [0.2, 0.25) is 5.91 Å². The third-order valence-corrected chi connectivity index (χ3v) is 3.05. The van der Waals surface area contributed by atoms with Gasteiger partial charge in [0.1, 0.15) is 23.2 Å². The van der Waals surface area contributed by atoms with E-state index in [-0.39, 0.29) is 18.9 Å². The summed E-state index contributed by atoms with van der Waals surface area (Å²) < 4.78 is 6.87. The van der Waals surface area contributed by atoms with Gasteiger partial charge in [0.15, 0.2) is 0 Å². The van der Waals surface area contributed by atoms with E-state index in [1.165, 1.54) is 10.9 Å². The summed E-state index contributed by atoms with van der Waals surface area (Å²) >= 11 is 5.94. The number of nitriles is 1. The predicted octanol–water partition coefficient (Wildman–Crippen LogP) is 2.35. The number of carbonyl (C=O) groups excluding carboxylic acids is 1. The molecule has 0 fully saturated rings. The Bertz CT molecular complexity index is 691. The summed E-state index contributed by atoms with van der Waals surface area (Å²) in [6, 6.07) is 9.01. The van der Waals surface area contributed by atoms with Crippen molar-refractivity contribution in [3.05, 3.63) is 41.0 Å². The zero-order valence-corrected chi connectivity index (χ0v) is 12.1. The third kappa shape index (κ3) is 3.74. The summed E-state index contributed by atoms with van der Waals surface area (Å²) in [6.45, 7) is 0.190. The molecule has 1 aromatic heterocycles. The van der Waals surface area contributed by atoms with Crippen molar-refractivity contribution in [3.63, 3.8) is 0 Å². The number of hydrogen-bond acceptors (Lipinski definition) is 4. The molecule has 21 heavy (non-hydrogen) atoms. The second-order valence-corrected chi connectivity index (χ2v) is 4.63. The van der Waals surface area contributed by atoms with Crippen molar-refractivity contribution in [2.45, 2.75) is 6.42 Å². The van der Waals surface area contributed by atoms with Crippen molar-refractivity contribution in [1.29, 1.82) is 5.26 Å². The van der Waals surface area contributed by atoms with Gasteiger partial charge < -0.3 is 10.1 Å². The van der Waals surface area contributed by atoms with Gasteiger partial charge in [-0.05, 0) is 12.1 Å². The maximum Gasteiger partial charge on any atom is 0.228 e. The van der Waals surface area contributed by atoms with Gasteiger partial charge in [-0.15, -0.1) is 0 Å². The summed E-state index contributed by atoms with van der Waals surface area (Å²) in [4.78, 5) is 11.8. The number of nitrogens with zero attached hydrogens (tertiary/aromatic N) is 3. The van der Waals surface area contributed by atoms with E-state index in [2.05, 4.69) is 10.4 Å². The fourth-order valence-corrected chi connectivity index (χ4v) is 1.87. The normalized spacial score (nSPS) is 9.95. The van der Waals surface area contributed by atoms with Crippen molar-refractivity contribution in [2.75, 3.05) is 11.9 Å². The van der Waals surface area contributed by atoms with Gasteiger partial charge in [-0.25, -0.2) is 0 Å². The first-order valence-corrected chi connectivity index (χ1v) is 6.59. The van der Waals surface area contributed by atoms with Crippen molar-refractivity contribution in [3.8, 4) is 11.8 Å². The quantitative estimate of drug-likeness (QED) is 0.919. The average Bonchev–Trinajstić information content (AvgIpc) is 2.82. The molecule has 0 bridgehead atoms. The van der Waals surface area contributed by atoms with Crippen LogP contribution in [0, 0.1) is 11.3 Å². The number of anilines is 1. The largest absolute Gasteiger partial charge is 0.491 e. The second kappa shape index (κ2) is 6.77. The molecule has 2 aromatic rings. The van der Waals surface area contributed by atoms with Crippen LogP contribution in [0.1, 0.15) is 12.0 Å². The zero-order chi connectivity index (χ0) is 15.2. The van der Waals surface area contributed by atoms with E-state index < -0.39 is 0 Å². The van der Waals surface area contributed by atoms with Crippen LogP contribution in [-0.2, 0) is 11.8 Å². The van der Waals surface area contributed by atoms with Crippen LogP contribution < -0.4 is 10.1 Å². The molecule has 0 spiro atoms. The van der Waals surface area contributed by atoms with E-state index in [0.717, 1.165) is 0 Å². The number of benzene rings is 1. The number of ether oxygens (including phenoxy) is 1. The standard InChI is InChI=1S/C14H13ClN4O2/c1-19-14(10(8-16)9-17-19)18-13(20)6-7-21-12-5-3-2-4-11(12)15/h2-5,9H,6-7H2,1H3,(H,18,20). The molecule has 1 amide bonds. The molecule has 0 saturated carbocycles. The topological polar surface area (TPSA) is 79.9 Å². The summed E-state index contributed by atoms with van der Waals surface area (Å²) in [5.41, 5.74) is 0.317. The van der Waals surface area contributed by atoms with Crippen molar-refractivity contribution in [2.24, 2.45) is 7.05 Å². The second-order valence-electron chi connectivity index (χ2n) is 4.22. The number of hydrogen-bond donors (Lipinski definition) is 1. The number of aryl methyl sites for hydroxylation is 1. The molecule has 0 saturated heterocycles. The summed E-state index contributed by atoms with van der Waals surface area (Å²) in [5, 5.41) is 15.9. The smallest absolute Gasteiger partial charge is 0.228 e. The number of halogens is 1. The SMILES string of the molecule is Cn1ncc(C#N)c1NC(=O)CCOc1ccccc1Cl. The molecule has 6 nitrogen and oxygen atoms in total. The van der Waals surface area contributed by atoms with Crippen LogP contribution >= 0.6 is 11.6 Å². The lowest BCUT2D eigenvalue weighted by atomic mass is 10.3.